The summed E-state index contributed by atoms with van der Waals surface area (Å²) in [5.41, 5.74) is -0.970. The quantitative estimate of drug-likeness (QED) is 0.589. The number of imide groups is 1. The van der Waals surface area contributed by atoms with Gasteiger partial charge in [-0.25, -0.2) is 9.37 Å². The molecule has 0 spiro atoms. The normalized spacial score (nSPS) is 23.4. The Morgan fingerprint density at radius 3 is 2.49 bits per heavy atom. The van der Waals surface area contributed by atoms with Crippen molar-refractivity contribution >= 4 is 35.1 Å². The third kappa shape index (κ3) is 4.51. The Morgan fingerprint density at radius 1 is 1.09 bits per heavy atom. The van der Waals surface area contributed by atoms with Crippen LogP contribution < -0.4 is 4.90 Å². The molecule has 1 aromatic carbocycles. The molecule has 0 unspecified atom stereocenters. The molecule has 3 aliphatic rings. The molecule has 1 aromatic heterocycles. The van der Waals surface area contributed by atoms with Crippen LogP contribution in [0.4, 0.5) is 10.2 Å². The van der Waals surface area contributed by atoms with Crippen LogP contribution in [-0.4, -0.2) is 64.7 Å². The van der Waals surface area contributed by atoms with Crippen LogP contribution in [0.5, 0.6) is 0 Å². The number of hydrogen-bond donors (Lipinski definition) is 0. The van der Waals surface area contributed by atoms with Crippen LogP contribution in [0.25, 0.3) is 0 Å². The van der Waals surface area contributed by atoms with Crippen molar-refractivity contribution in [3.8, 4) is 0 Å². The molecule has 0 bridgehead atoms. The summed E-state index contributed by atoms with van der Waals surface area (Å²) in [4.78, 5) is 49.9. The predicted molar refractivity (Wildman–Crippen MR) is 129 cm³/mol. The lowest BCUT2D eigenvalue weighted by Crippen LogP contribution is -2.51. The van der Waals surface area contributed by atoms with Crippen molar-refractivity contribution in [3.05, 3.63) is 59.0 Å². The van der Waals surface area contributed by atoms with Gasteiger partial charge in [0.1, 0.15) is 11.6 Å². The molecule has 0 N–H and O–H groups in total. The van der Waals surface area contributed by atoms with E-state index in [4.69, 9.17) is 11.6 Å². The zero-order valence-corrected chi connectivity index (χ0v) is 20.2. The van der Waals surface area contributed by atoms with E-state index in [1.165, 1.54) is 23.1 Å². The van der Waals surface area contributed by atoms with Crippen LogP contribution in [0.1, 0.15) is 44.1 Å². The molecule has 1 saturated carbocycles. The standard InChI is InChI=1S/C26H28ClFN4O3/c27-19-8-9-22(29-17-19)30-10-12-31(13-11-30)23(33)15-26(18-4-3-5-20(28)14-18)16-24(34)32(25(26)35)21-6-1-2-7-21/h3-5,8-9,14,17,21H,1-2,6-7,10-13,15-16H2/t26-/m1/s1. The number of likely N-dealkylation sites (tertiary alicyclic amines) is 1. The van der Waals surface area contributed by atoms with Crippen molar-refractivity contribution in [1.29, 1.82) is 0 Å². The maximum atomic E-state index is 14.2. The Kier molecular flexibility index (Phi) is 6.49. The highest BCUT2D eigenvalue weighted by atomic mass is 35.5. The summed E-state index contributed by atoms with van der Waals surface area (Å²) < 4.78 is 14.2. The molecule has 5 rings (SSSR count). The van der Waals surface area contributed by atoms with Crippen LogP contribution in [0, 0.1) is 5.82 Å². The maximum Gasteiger partial charge on any atom is 0.241 e. The fourth-order valence-corrected chi connectivity index (χ4v) is 5.77. The Labute approximate surface area is 208 Å². The van der Waals surface area contributed by atoms with Gasteiger partial charge in [-0.05, 0) is 42.7 Å². The van der Waals surface area contributed by atoms with Crippen LogP contribution in [0.3, 0.4) is 0 Å². The van der Waals surface area contributed by atoms with E-state index in [0.29, 0.717) is 36.8 Å². The lowest BCUT2D eigenvalue weighted by atomic mass is 9.75. The van der Waals surface area contributed by atoms with Crippen LogP contribution in [-0.2, 0) is 19.8 Å². The highest BCUT2D eigenvalue weighted by Gasteiger charge is 2.56. The van der Waals surface area contributed by atoms with Crippen molar-refractivity contribution < 1.29 is 18.8 Å². The highest BCUT2D eigenvalue weighted by molar-refractivity contribution is 6.30. The number of pyridine rings is 1. The number of piperazine rings is 1. The zero-order chi connectivity index (χ0) is 24.6. The summed E-state index contributed by atoms with van der Waals surface area (Å²) in [6.45, 7) is 2.12. The summed E-state index contributed by atoms with van der Waals surface area (Å²) >= 11 is 5.93. The number of carbonyl (C=O) groups excluding carboxylic acids is 3. The van der Waals surface area contributed by atoms with Gasteiger partial charge in [-0.3, -0.25) is 19.3 Å². The first-order chi connectivity index (χ1) is 16.9. The fraction of sp³-hybridized carbons (Fsp3) is 0.462. The molecule has 9 heteroatoms. The first-order valence-electron chi connectivity index (χ1n) is 12.1. The molecule has 0 radical (unpaired) electrons. The second kappa shape index (κ2) is 9.57. The molecule has 3 heterocycles. The second-order valence-corrected chi connectivity index (χ2v) is 10.1. The first-order valence-corrected chi connectivity index (χ1v) is 12.5. The summed E-state index contributed by atoms with van der Waals surface area (Å²) in [5, 5.41) is 0.563. The number of benzene rings is 1. The first kappa shape index (κ1) is 23.7. The minimum absolute atomic E-state index is 0.105. The summed E-state index contributed by atoms with van der Waals surface area (Å²) in [6, 6.07) is 9.28. The van der Waals surface area contributed by atoms with Gasteiger partial charge in [-0.2, -0.15) is 0 Å². The van der Waals surface area contributed by atoms with Crippen LogP contribution in [0.15, 0.2) is 42.6 Å². The lowest BCUT2D eigenvalue weighted by molar-refractivity contribution is -0.144. The zero-order valence-electron chi connectivity index (χ0n) is 19.5. The summed E-state index contributed by atoms with van der Waals surface area (Å²) in [6.07, 6.45) is 4.85. The Morgan fingerprint density at radius 2 is 1.83 bits per heavy atom. The molecule has 7 nitrogen and oxygen atoms in total. The third-order valence-electron chi connectivity index (χ3n) is 7.54. The van der Waals surface area contributed by atoms with Crippen molar-refractivity contribution in [2.75, 3.05) is 31.1 Å². The summed E-state index contributed by atoms with van der Waals surface area (Å²) in [5.74, 6) is -0.526. The van der Waals surface area contributed by atoms with E-state index in [2.05, 4.69) is 9.88 Å². The van der Waals surface area contributed by atoms with Gasteiger partial charge in [0.2, 0.25) is 17.7 Å². The molecule has 2 aromatic rings. The number of halogens is 2. The monoisotopic (exact) mass is 498 g/mol. The number of anilines is 1. The number of aromatic nitrogens is 1. The van der Waals surface area contributed by atoms with Crippen molar-refractivity contribution in [2.45, 2.75) is 50.0 Å². The molecular formula is C26H28ClFN4O3. The molecule has 3 fully saturated rings. The second-order valence-electron chi connectivity index (χ2n) is 9.66. The maximum absolute atomic E-state index is 14.2. The smallest absolute Gasteiger partial charge is 0.241 e. The minimum atomic E-state index is -1.37. The number of hydrogen-bond acceptors (Lipinski definition) is 5. The van der Waals surface area contributed by atoms with Gasteiger partial charge in [0.05, 0.1) is 10.4 Å². The number of carbonyl (C=O) groups is 3. The molecular weight excluding hydrogens is 471 g/mol. The Bertz CT molecular complexity index is 1130. The van der Waals surface area contributed by atoms with Gasteiger partial charge in [0.25, 0.3) is 0 Å². The molecule has 2 saturated heterocycles. The third-order valence-corrected chi connectivity index (χ3v) is 7.76. The van der Waals surface area contributed by atoms with Gasteiger partial charge in [-0.15, -0.1) is 0 Å². The average molecular weight is 499 g/mol. The van der Waals surface area contributed by atoms with Gasteiger partial charge in [0, 0.05) is 51.3 Å². The summed E-state index contributed by atoms with van der Waals surface area (Å²) in [7, 11) is 0. The van der Waals surface area contributed by atoms with Crippen LogP contribution >= 0.6 is 11.6 Å². The van der Waals surface area contributed by atoms with E-state index < -0.39 is 11.2 Å². The SMILES string of the molecule is O=C(C[C@]1(c2cccc(F)c2)CC(=O)N(C2CCCC2)C1=O)N1CCN(c2ccc(Cl)cn2)CC1. The molecule has 184 valence electrons. The van der Waals surface area contributed by atoms with Crippen LogP contribution in [0.2, 0.25) is 5.02 Å². The number of nitrogens with zero attached hydrogens (tertiary/aromatic N) is 4. The van der Waals surface area contributed by atoms with Gasteiger partial charge < -0.3 is 9.80 Å². The van der Waals surface area contributed by atoms with E-state index in [-0.39, 0.29) is 36.6 Å². The van der Waals surface area contributed by atoms with E-state index in [1.54, 1.807) is 23.2 Å². The molecule has 35 heavy (non-hydrogen) atoms. The molecule has 2 aliphatic heterocycles. The van der Waals surface area contributed by atoms with Gasteiger partial charge >= 0.3 is 0 Å². The average Bonchev–Trinajstić information content (AvgIpc) is 3.46. The number of rotatable bonds is 5. The largest absolute Gasteiger partial charge is 0.353 e. The Hall–Kier alpha value is -3.00. The van der Waals surface area contributed by atoms with E-state index in [9.17, 15) is 18.8 Å². The topological polar surface area (TPSA) is 73.8 Å². The molecule has 1 atom stereocenters. The van der Waals surface area contributed by atoms with E-state index in [1.807, 2.05) is 6.07 Å². The Balaban J connectivity index is 1.36. The lowest BCUT2D eigenvalue weighted by Gasteiger charge is -2.37. The van der Waals surface area contributed by atoms with Crippen molar-refractivity contribution in [3.63, 3.8) is 0 Å². The molecule has 3 amide bonds. The minimum Gasteiger partial charge on any atom is -0.353 e. The van der Waals surface area contributed by atoms with E-state index >= 15 is 0 Å². The highest BCUT2D eigenvalue weighted by Crippen LogP contribution is 2.43. The predicted octanol–water partition coefficient (Wildman–Crippen LogP) is 3.55. The fourth-order valence-electron chi connectivity index (χ4n) is 5.66. The van der Waals surface area contributed by atoms with Gasteiger partial charge in [-0.1, -0.05) is 36.6 Å². The van der Waals surface area contributed by atoms with Crippen molar-refractivity contribution in [2.24, 2.45) is 0 Å². The number of amides is 3. The van der Waals surface area contributed by atoms with E-state index in [0.717, 1.165) is 31.5 Å². The molecule has 1 aliphatic carbocycles. The van der Waals surface area contributed by atoms with Crippen molar-refractivity contribution in [1.82, 2.24) is 14.8 Å². The van der Waals surface area contributed by atoms with Gasteiger partial charge in [0.15, 0.2) is 0 Å².